The monoisotopic (exact) mass is 463 g/mol. The lowest BCUT2D eigenvalue weighted by molar-refractivity contribution is 0.102. The molecule has 1 N–H and O–H groups in total. The third-order valence-corrected chi connectivity index (χ3v) is 6.68. The smallest absolute Gasteiger partial charge is 0.277 e. The first-order valence-corrected chi connectivity index (χ1v) is 12.0. The zero-order valence-electron chi connectivity index (χ0n) is 15.5. The molecule has 0 aliphatic rings. The molecule has 1 aromatic carbocycles. The van der Waals surface area contributed by atoms with E-state index in [1.807, 2.05) is 30.3 Å². The van der Waals surface area contributed by atoms with Crippen molar-refractivity contribution < 1.29 is 4.79 Å². The van der Waals surface area contributed by atoms with E-state index < -0.39 is 5.91 Å². The van der Waals surface area contributed by atoms with Crippen LogP contribution in [0.5, 0.6) is 0 Å². The van der Waals surface area contributed by atoms with Crippen LogP contribution in [-0.2, 0) is 0 Å². The van der Waals surface area contributed by atoms with Gasteiger partial charge in [0.15, 0.2) is 15.2 Å². The standard InChI is InChI=1S/C19H18ClN5OS3/c1-2-10-27-17-21-12-14(20)15(22-17)16(26)23-18-24-25-19(29-18)28-11-6-9-13-7-4-3-5-8-13/h3-9,12H,2,10-11H2,1H3,(H,23,24,26)/b9-6+. The van der Waals surface area contributed by atoms with Gasteiger partial charge in [-0.3, -0.25) is 10.1 Å². The second-order valence-electron chi connectivity index (χ2n) is 5.65. The Hall–Kier alpha value is -1.94. The van der Waals surface area contributed by atoms with E-state index in [4.69, 9.17) is 11.6 Å². The van der Waals surface area contributed by atoms with E-state index in [1.165, 1.54) is 29.3 Å². The van der Waals surface area contributed by atoms with Gasteiger partial charge in [-0.1, -0.05) is 95.9 Å². The number of benzene rings is 1. The van der Waals surface area contributed by atoms with Gasteiger partial charge in [0.25, 0.3) is 5.91 Å². The van der Waals surface area contributed by atoms with Crippen molar-refractivity contribution in [2.45, 2.75) is 22.8 Å². The number of halogens is 1. The van der Waals surface area contributed by atoms with Gasteiger partial charge in [-0.25, -0.2) is 9.97 Å². The Labute approximate surface area is 186 Å². The summed E-state index contributed by atoms with van der Waals surface area (Å²) in [5.74, 6) is 1.21. The topological polar surface area (TPSA) is 80.7 Å². The van der Waals surface area contributed by atoms with E-state index in [0.717, 1.165) is 27.8 Å². The Kier molecular flexibility index (Phi) is 8.48. The molecule has 0 bridgehead atoms. The van der Waals surface area contributed by atoms with Gasteiger partial charge in [-0.15, -0.1) is 10.2 Å². The van der Waals surface area contributed by atoms with Crippen molar-refractivity contribution in [3.63, 3.8) is 0 Å². The summed E-state index contributed by atoms with van der Waals surface area (Å²) in [6, 6.07) is 10.1. The van der Waals surface area contributed by atoms with Crippen molar-refractivity contribution >= 4 is 63.6 Å². The Bertz CT molecular complexity index is 981. The summed E-state index contributed by atoms with van der Waals surface area (Å²) >= 11 is 10.4. The highest BCUT2D eigenvalue weighted by molar-refractivity contribution is 8.01. The predicted molar refractivity (Wildman–Crippen MR) is 122 cm³/mol. The van der Waals surface area contributed by atoms with Gasteiger partial charge in [0.1, 0.15) is 0 Å². The van der Waals surface area contributed by atoms with Gasteiger partial charge in [0.05, 0.1) is 11.2 Å². The summed E-state index contributed by atoms with van der Waals surface area (Å²) < 4.78 is 0.769. The molecule has 6 nitrogen and oxygen atoms in total. The number of rotatable bonds is 9. The summed E-state index contributed by atoms with van der Waals surface area (Å²) in [7, 11) is 0. The number of aromatic nitrogens is 4. The first-order chi connectivity index (χ1) is 14.2. The van der Waals surface area contributed by atoms with Crippen LogP contribution in [0.2, 0.25) is 5.02 Å². The summed E-state index contributed by atoms with van der Waals surface area (Å²) in [6.07, 6.45) is 6.56. The molecule has 29 heavy (non-hydrogen) atoms. The van der Waals surface area contributed by atoms with Gasteiger partial charge < -0.3 is 0 Å². The van der Waals surface area contributed by atoms with Crippen LogP contribution in [0.15, 0.2) is 52.1 Å². The molecule has 0 aliphatic heterocycles. The largest absolute Gasteiger partial charge is 0.295 e. The zero-order valence-corrected chi connectivity index (χ0v) is 18.7. The minimum absolute atomic E-state index is 0.135. The molecule has 3 rings (SSSR count). The Morgan fingerprint density at radius 1 is 1.24 bits per heavy atom. The van der Waals surface area contributed by atoms with E-state index in [-0.39, 0.29) is 10.7 Å². The normalized spacial score (nSPS) is 11.1. The van der Waals surface area contributed by atoms with E-state index in [9.17, 15) is 4.79 Å². The summed E-state index contributed by atoms with van der Waals surface area (Å²) in [5.41, 5.74) is 1.28. The number of nitrogens with one attached hydrogen (secondary N) is 1. The summed E-state index contributed by atoms with van der Waals surface area (Å²) in [4.78, 5) is 20.9. The van der Waals surface area contributed by atoms with Gasteiger partial charge in [0, 0.05) is 11.5 Å². The molecule has 2 heterocycles. The number of anilines is 1. The molecule has 150 valence electrons. The number of hydrogen-bond donors (Lipinski definition) is 1. The van der Waals surface area contributed by atoms with Crippen molar-refractivity contribution in [1.29, 1.82) is 0 Å². The molecule has 3 aromatic rings. The van der Waals surface area contributed by atoms with Gasteiger partial charge >= 0.3 is 0 Å². The molecule has 0 radical (unpaired) electrons. The highest BCUT2D eigenvalue weighted by Crippen LogP contribution is 2.26. The Morgan fingerprint density at radius 2 is 2.07 bits per heavy atom. The van der Waals surface area contributed by atoms with Crippen LogP contribution in [0.3, 0.4) is 0 Å². The minimum atomic E-state index is -0.424. The number of hydrogen-bond acceptors (Lipinski definition) is 8. The third kappa shape index (κ3) is 6.81. The number of carbonyl (C=O) groups excluding carboxylic acids is 1. The molecule has 0 unspecified atom stereocenters. The quantitative estimate of drug-likeness (QED) is 0.253. The van der Waals surface area contributed by atoms with Crippen LogP contribution < -0.4 is 5.32 Å². The SMILES string of the molecule is CCCSc1ncc(Cl)c(C(=O)Nc2nnc(SC/C=C/c3ccccc3)s2)n1. The fraction of sp³-hybridized carbons (Fsp3) is 0.211. The first kappa shape index (κ1) is 21.8. The van der Waals surface area contributed by atoms with Crippen LogP contribution in [0, 0.1) is 0 Å². The molecular weight excluding hydrogens is 446 g/mol. The van der Waals surface area contributed by atoms with Crippen molar-refractivity contribution in [2.75, 3.05) is 16.8 Å². The number of nitrogens with zero attached hydrogens (tertiary/aromatic N) is 4. The molecule has 2 aromatic heterocycles. The lowest BCUT2D eigenvalue weighted by Gasteiger charge is -2.04. The number of carbonyl (C=O) groups is 1. The van der Waals surface area contributed by atoms with E-state index in [2.05, 4.69) is 44.6 Å². The Balaban J connectivity index is 1.55. The van der Waals surface area contributed by atoms with Crippen molar-refractivity contribution in [3.05, 3.63) is 58.9 Å². The first-order valence-electron chi connectivity index (χ1n) is 8.80. The average molecular weight is 464 g/mol. The van der Waals surface area contributed by atoms with E-state index in [0.29, 0.717) is 10.3 Å². The lowest BCUT2D eigenvalue weighted by Crippen LogP contribution is -2.15. The van der Waals surface area contributed by atoms with E-state index in [1.54, 1.807) is 11.8 Å². The van der Waals surface area contributed by atoms with E-state index >= 15 is 0 Å². The second-order valence-corrected chi connectivity index (χ2v) is 9.36. The molecular formula is C19H18ClN5OS3. The Morgan fingerprint density at radius 3 is 2.86 bits per heavy atom. The van der Waals surface area contributed by atoms with Gasteiger partial charge in [-0.05, 0) is 12.0 Å². The van der Waals surface area contributed by atoms with Crippen molar-refractivity contribution in [1.82, 2.24) is 20.2 Å². The predicted octanol–water partition coefficient (Wildman–Crippen LogP) is 5.54. The maximum absolute atomic E-state index is 12.5. The number of amides is 1. The minimum Gasteiger partial charge on any atom is -0.295 e. The zero-order chi connectivity index (χ0) is 20.5. The highest BCUT2D eigenvalue weighted by Gasteiger charge is 2.16. The fourth-order valence-electron chi connectivity index (χ4n) is 2.12. The van der Waals surface area contributed by atoms with Crippen LogP contribution in [0.1, 0.15) is 29.4 Å². The van der Waals surface area contributed by atoms with Gasteiger partial charge in [0.2, 0.25) is 5.13 Å². The third-order valence-electron chi connectivity index (χ3n) is 3.41. The van der Waals surface area contributed by atoms with Crippen LogP contribution in [0.4, 0.5) is 5.13 Å². The fourth-order valence-corrected chi connectivity index (χ4v) is 4.55. The molecule has 0 saturated heterocycles. The summed E-state index contributed by atoms with van der Waals surface area (Å²) in [6.45, 7) is 2.07. The molecule has 0 atom stereocenters. The lowest BCUT2D eigenvalue weighted by atomic mass is 10.2. The maximum atomic E-state index is 12.5. The second kappa shape index (κ2) is 11.3. The van der Waals surface area contributed by atoms with Crippen molar-refractivity contribution in [2.24, 2.45) is 0 Å². The van der Waals surface area contributed by atoms with Crippen LogP contribution >= 0.6 is 46.5 Å². The molecule has 0 spiro atoms. The van der Waals surface area contributed by atoms with Crippen molar-refractivity contribution in [3.8, 4) is 0 Å². The maximum Gasteiger partial charge on any atom is 0.277 e. The molecule has 10 heteroatoms. The highest BCUT2D eigenvalue weighted by atomic mass is 35.5. The van der Waals surface area contributed by atoms with Crippen LogP contribution in [0.25, 0.3) is 6.08 Å². The average Bonchev–Trinajstić information content (AvgIpc) is 3.18. The van der Waals surface area contributed by atoms with Gasteiger partial charge in [-0.2, -0.15) is 0 Å². The molecule has 0 aliphatic carbocycles. The number of thioether (sulfide) groups is 2. The molecule has 0 saturated carbocycles. The van der Waals surface area contributed by atoms with Crippen LogP contribution in [-0.4, -0.2) is 37.6 Å². The summed E-state index contributed by atoms with van der Waals surface area (Å²) in [5, 5.41) is 12.0. The molecule has 0 fully saturated rings. The molecule has 1 amide bonds.